The van der Waals surface area contributed by atoms with Gasteiger partial charge in [-0.2, -0.15) is 0 Å². The lowest BCUT2D eigenvalue weighted by atomic mass is 9.74. The van der Waals surface area contributed by atoms with Crippen LogP contribution in [0.25, 0.3) is 0 Å². The van der Waals surface area contributed by atoms with Gasteiger partial charge in [-0.1, -0.05) is 47.6 Å². The predicted molar refractivity (Wildman–Crippen MR) is 100 cm³/mol. The van der Waals surface area contributed by atoms with Crippen LogP contribution in [0.1, 0.15) is 40.0 Å². The summed E-state index contributed by atoms with van der Waals surface area (Å²) in [5, 5.41) is 20.5. The minimum Gasteiger partial charge on any atom is -0.393 e. The van der Waals surface area contributed by atoms with Gasteiger partial charge in [0, 0.05) is 18.9 Å². The van der Waals surface area contributed by atoms with Crippen LogP contribution in [0.4, 0.5) is 0 Å². The third-order valence-corrected chi connectivity index (χ3v) is 5.25. The second-order valence-corrected chi connectivity index (χ2v) is 7.55. The first kappa shape index (κ1) is 20.1. The van der Waals surface area contributed by atoms with Crippen LogP contribution in [0.3, 0.4) is 0 Å². The van der Waals surface area contributed by atoms with Crippen LogP contribution in [-0.4, -0.2) is 41.9 Å². The Hall–Kier alpha value is -1.20. The smallest absolute Gasteiger partial charge is 0.165 e. The molecule has 0 aromatic rings. The number of methoxy groups -OCH3 is 1. The van der Waals surface area contributed by atoms with Crippen molar-refractivity contribution in [3.8, 4) is 0 Å². The number of fused-ring (bicyclic) bond motifs is 1. The van der Waals surface area contributed by atoms with Gasteiger partial charge in [0.2, 0.25) is 0 Å². The van der Waals surface area contributed by atoms with Crippen LogP contribution in [0, 0.1) is 11.8 Å². The van der Waals surface area contributed by atoms with Gasteiger partial charge in [-0.05, 0) is 40.0 Å². The van der Waals surface area contributed by atoms with E-state index in [-0.39, 0.29) is 18.4 Å². The number of allylic oxidation sites excluding steroid dienone is 4. The van der Waals surface area contributed by atoms with Crippen molar-refractivity contribution >= 4 is 0 Å². The molecule has 1 fully saturated rings. The quantitative estimate of drug-likeness (QED) is 0.603. The van der Waals surface area contributed by atoms with Gasteiger partial charge in [-0.25, -0.2) is 0 Å². The molecule has 2 rings (SSSR count). The molecule has 0 amide bonds. The van der Waals surface area contributed by atoms with Gasteiger partial charge < -0.3 is 19.7 Å². The molecule has 1 heterocycles. The Morgan fingerprint density at radius 1 is 1.48 bits per heavy atom. The zero-order valence-corrected chi connectivity index (χ0v) is 15.9. The van der Waals surface area contributed by atoms with E-state index in [1.165, 1.54) is 5.57 Å². The van der Waals surface area contributed by atoms with Gasteiger partial charge >= 0.3 is 0 Å². The minimum absolute atomic E-state index is 0.0467. The molecule has 0 spiro atoms. The number of aliphatic hydroxyl groups excluding tert-OH is 2. The molecule has 1 saturated heterocycles. The fourth-order valence-electron chi connectivity index (χ4n) is 4.00. The van der Waals surface area contributed by atoms with E-state index in [1.54, 1.807) is 7.11 Å². The fourth-order valence-corrected chi connectivity index (χ4v) is 4.00. The fraction of sp³-hybridized carbons (Fsp3) is 0.619. The number of ether oxygens (including phenoxy) is 2. The van der Waals surface area contributed by atoms with Crippen LogP contribution >= 0.6 is 0 Å². The summed E-state index contributed by atoms with van der Waals surface area (Å²) < 4.78 is 11.8. The second kappa shape index (κ2) is 8.45. The van der Waals surface area contributed by atoms with Crippen LogP contribution in [0.5, 0.6) is 0 Å². The summed E-state index contributed by atoms with van der Waals surface area (Å²) >= 11 is 0. The van der Waals surface area contributed by atoms with Crippen molar-refractivity contribution in [2.75, 3.05) is 13.7 Å². The lowest BCUT2D eigenvalue weighted by molar-refractivity contribution is -0.160. The Morgan fingerprint density at radius 2 is 2.20 bits per heavy atom. The van der Waals surface area contributed by atoms with E-state index in [4.69, 9.17) is 9.47 Å². The summed E-state index contributed by atoms with van der Waals surface area (Å²) in [7, 11) is 1.62. The van der Waals surface area contributed by atoms with Gasteiger partial charge in [-0.3, -0.25) is 0 Å². The van der Waals surface area contributed by atoms with E-state index >= 15 is 0 Å². The van der Waals surface area contributed by atoms with Gasteiger partial charge in [0.25, 0.3) is 0 Å². The highest BCUT2D eigenvalue weighted by Gasteiger charge is 2.54. The Morgan fingerprint density at radius 3 is 2.80 bits per heavy atom. The number of hydrogen-bond acceptors (Lipinski definition) is 4. The zero-order valence-electron chi connectivity index (χ0n) is 15.9. The molecule has 1 aliphatic carbocycles. The Labute approximate surface area is 151 Å². The van der Waals surface area contributed by atoms with Crippen LogP contribution in [0.15, 0.2) is 47.6 Å². The van der Waals surface area contributed by atoms with E-state index in [2.05, 4.69) is 6.58 Å². The Bertz CT molecular complexity index is 570. The average molecular weight is 348 g/mol. The molecule has 140 valence electrons. The van der Waals surface area contributed by atoms with E-state index in [1.807, 2.05) is 45.1 Å². The lowest BCUT2D eigenvalue weighted by Crippen LogP contribution is -2.39. The molecule has 25 heavy (non-hydrogen) atoms. The summed E-state index contributed by atoms with van der Waals surface area (Å²) in [5.74, 6) is -0.00661. The molecule has 0 unspecified atom stereocenters. The van der Waals surface area contributed by atoms with E-state index in [0.717, 1.165) is 24.0 Å². The van der Waals surface area contributed by atoms with Crippen molar-refractivity contribution < 1.29 is 19.7 Å². The standard InChI is InChI=1S/C21H32O4/c1-14(2)7-6-10-21(13-22)18-9-8-15(3)11-17(23)12-16(4)19(18)20(24-5)25-21/h6-7,10-11,17-20,22-23H,4,8-9,12-13H2,1-3,5H3/t17-,18-,19-,20-,21-/m0/s1. The van der Waals surface area contributed by atoms with E-state index in [0.29, 0.717) is 6.42 Å². The van der Waals surface area contributed by atoms with Gasteiger partial charge in [0.05, 0.1) is 12.7 Å². The van der Waals surface area contributed by atoms with Gasteiger partial charge in [0.1, 0.15) is 5.60 Å². The molecule has 0 aromatic heterocycles. The highest BCUT2D eigenvalue weighted by atomic mass is 16.7. The molecular weight excluding hydrogens is 316 g/mol. The summed E-state index contributed by atoms with van der Waals surface area (Å²) in [5.41, 5.74) is 2.46. The molecule has 2 aliphatic rings. The predicted octanol–water partition coefficient (Wildman–Crippen LogP) is 3.52. The third kappa shape index (κ3) is 4.50. The van der Waals surface area contributed by atoms with Crippen molar-refractivity contribution in [2.24, 2.45) is 11.8 Å². The van der Waals surface area contributed by atoms with Crippen LogP contribution in [-0.2, 0) is 9.47 Å². The molecule has 4 heteroatoms. The Balaban J connectivity index is 2.42. The first-order valence-corrected chi connectivity index (χ1v) is 9.00. The molecule has 5 atom stereocenters. The highest BCUT2D eigenvalue weighted by molar-refractivity contribution is 5.24. The van der Waals surface area contributed by atoms with Crippen molar-refractivity contribution in [1.82, 2.24) is 0 Å². The summed E-state index contributed by atoms with van der Waals surface area (Å²) in [6, 6.07) is 0. The van der Waals surface area contributed by atoms with Crippen molar-refractivity contribution in [3.63, 3.8) is 0 Å². The van der Waals surface area contributed by atoms with E-state index in [9.17, 15) is 10.2 Å². The number of hydrogen-bond donors (Lipinski definition) is 2. The monoisotopic (exact) mass is 348 g/mol. The first-order chi connectivity index (χ1) is 11.8. The summed E-state index contributed by atoms with van der Waals surface area (Å²) in [6.07, 6.45) is 9.01. The van der Waals surface area contributed by atoms with Crippen molar-refractivity contribution in [3.05, 3.63) is 47.6 Å². The average Bonchev–Trinajstić information content (AvgIpc) is 2.87. The summed E-state index contributed by atoms with van der Waals surface area (Å²) in [4.78, 5) is 0. The van der Waals surface area contributed by atoms with Crippen molar-refractivity contribution in [1.29, 1.82) is 0 Å². The second-order valence-electron chi connectivity index (χ2n) is 7.55. The zero-order chi connectivity index (χ0) is 18.6. The van der Waals surface area contributed by atoms with Crippen LogP contribution in [0.2, 0.25) is 0 Å². The lowest BCUT2D eigenvalue weighted by Gasteiger charge is -2.31. The summed E-state index contributed by atoms with van der Waals surface area (Å²) in [6.45, 7) is 10.2. The van der Waals surface area contributed by atoms with Gasteiger partial charge in [-0.15, -0.1) is 0 Å². The number of aliphatic hydroxyl groups is 2. The molecule has 0 saturated carbocycles. The maximum absolute atomic E-state index is 10.3. The molecular formula is C21H32O4. The van der Waals surface area contributed by atoms with Gasteiger partial charge in [0.15, 0.2) is 6.29 Å². The number of rotatable bonds is 4. The van der Waals surface area contributed by atoms with E-state index < -0.39 is 18.0 Å². The maximum atomic E-state index is 10.3. The molecule has 1 aliphatic heterocycles. The molecule has 2 N–H and O–H groups in total. The largest absolute Gasteiger partial charge is 0.393 e. The van der Waals surface area contributed by atoms with Crippen molar-refractivity contribution in [2.45, 2.75) is 58.0 Å². The normalized spacial score (nSPS) is 36.4. The molecule has 0 bridgehead atoms. The Kier molecular flexibility index (Phi) is 6.80. The highest BCUT2D eigenvalue weighted by Crippen LogP contribution is 2.49. The minimum atomic E-state index is -0.796. The SMILES string of the molecule is C=C1C[C@@H](O)C=C(C)CC[C@H]2[C@H]1[C@@H](OC)O[C@@]2(C=CC=C(C)C)CO. The third-order valence-electron chi connectivity index (χ3n) is 5.25. The van der Waals surface area contributed by atoms with Crippen LogP contribution < -0.4 is 0 Å². The first-order valence-electron chi connectivity index (χ1n) is 9.00. The maximum Gasteiger partial charge on any atom is 0.165 e. The molecule has 4 nitrogen and oxygen atoms in total. The topological polar surface area (TPSA) is 58.9 Å². The molecule has 0 radical (unpaired) electrons. The molecule has 0 aromatic carbocycles.